The third-order valence-electron chi connectivity index (χ3n) is 11.6. The van der Waals surface area contributed by atoms with Crippen LogP contribution in [0.4, 0.5) is 15.3 Å². The number of amides is 5. The van der Waals surface area contributed by atoms with Crippen molar-refractivity contribution in [3.05, 3.63) is 65.9 Å². The van der Waals surface area contributed by atoms with Crippen LogP contribution in [0, 0.1) is 30.6 Å². The van der Waals surface area contributed by atoms with Crippen molar-refractivity contribution < 1.29 is 33.8 Å². The Morgan fingerprint density at radius 2 is 1.61 bits per heavy atom. The summed E-state index contributed by atoms with van der Waals surface area (Å²) in [5, 5.41) is 24.5. The second-order valence-corrected chi connectivity index (χ2v) is 15.9. The summed E-state index contributed by atoms with van der Waals surface area (Å²) in [7, 11) is 0. The van der Waals surface area contributed by atoms with Crippen molar-refractivity contribution in [2.24, 2.45) is 23.7 Å². The molecular weight excluding hydrogens is 688 g/mol. The van der Waals surface area contributed by atoms with Crippen molar-refractivity contribution in [3.63, 3.8) is 0 Å². The number of H-pyrrole nitrogens is 1. The lowest BCUT2D eigenvalue weighted by molar-refractivity contribution is -0.138. The molecule has 1 unspecified atom stereocenters. The average Bonchev–Trinajstić information content (AvgIpc) is 3.53. The van der Waals surface area contributed by atoms with Crippen LogP contribution in [-0.2, 0) is 25.5 Å². The lowest BCUT2D eigenvalue weighted by atomic mass is 9.55. The summed E-state index contributed by atoms with van der Waals surface area (Å²) in [6, 6.07) is 14.4. The highest BCUT2D eigenvalue weighted by Gasteiger charge is 2.50. The molecule has 7 rings (SSSR count). The summed E-state index contributed by atoms with van der Waals surface area (Å²) in [5.41, 5.74) is 2.04. The SMILES string of the molecule is Cc1ccccc1NC(=O)NCCCC[C@H](CNC(=O)C(C)(Cc1c[nH]c2ccccc12)NC(=O)OC1C2CC3CC(C2)CC1C3)NC(=O)CCC(=O)O. The number of carbonyl (C=O) groups excluding carboxylic acids is 4. The number of urea groups is 1. The number of ether oxygens (including phenoxy) is 1. The Balaban J connectivity index is 1.08. The van der Waals surface area contributed by atoms with Gasteiger partial charge >= 0.3 is 18.1 Å². The number of aromatic nitrogens is 1. The number of aromatic amines is 1. The van der Waals surface area contributed by atoms with Gasteiger partial charge in [0.15, 0.2) is 0 Å². The highest BCUT2D eigenvalue weighted by atomic mass is 16.6. The predicted molar refractivity (Wildman–Crippen MR) is 205 cm³/mol. The molecule has 0 saturated heterocycles. The van der Waals surface area contributed by atoms with Crippen molar-refractivity contribution in [2.45, 2.75) is 102 Å². The van der Waals surface area contributed by atoms with E-state index in [1.54, 1.807) is 6.92 Å². The predicted octanol–water partition coefficient (Wildman–Crippen LogP) is 5.79. The third kappa shape index (κ3) is 9.91. The molecule has 4 saturated carbocycles. The number of fused-ring (bicyclic) bond motifs is 1. The van der Waals surface area contributed by atoms with Gasteiger partial charge in [-0.1, -0.05) is 36.4 Å². The number of hydrogen-bond acceptors (Lipinski definition) is 6. The molecule has 13 nitrogen and oxygen atoms in total. The first-order valence-corrected chi connectivity index (χ1v) is 19.4. The van der Waals surface area contributed by atoms with E-state index in [2.05, 4.69) is 31.6 Å². The summed E-state index contributed by atoms with van der Waals surface area (Å²) < 4.78 is 6.16. The zero-order valence-corrected chi connectivity index (χ0v) is 31.2. The maximum absolute atomic E-state index is 14.2. The third-order valence-corrected chi connectivity index (χ3v) is 11.6. The Labute approximate surface area is 316 Å². The van der Waals surface area contributed by atoms with Crippen molar-refractivity contribution in [3.8, 4) is 0 Å². The van der Waals surface area contributed by atoms with Crippen molar-refractivity contribution in [2.75, 3.05) is 18.4 Å². The Morgan fingerprint density at radius 3 is 2.33 bits per heavy atom. The molecule has 4 aliphatic carbocycles. The van der Waals surface area contributed by atoms with E-state index in [4.69, 9.17) is 9.84 Å². The molecule has 0 aliphatic heterocycles. The number of anilines is 1. The van der Waals surface area contributed by atoms with Crippen LogP contribution in [-0.4, -0.2) is 70.8 Å². The molecule has 2 aromatic carbocycles. The molecule has 0 radical (unpaired) electrons. The van der Waals surface area contributed by atoms with Crippen LogP contribution in [0.5, 0.6) is 0 Å². The molecular formula is C41H54N6O7. The monoisotopic (exact) mass is 742 g/mol. The van der Waals surface area contributed by atoms with Gasteiger partial charge in [-0.05, 0) is 112 Å². The minimum absolute atomic E-state index is 0.0502. The number of para-hydroxylation sites is 2. The zero-order valence-electron chi connectivity index (χ0n) is 31.2. The minimum atomic E-state index is -1.40. The molecule has 290 valence electrons. The van der Waals surface area contributed by atoms with E-state index in [0.29, 0.717) is 37.6 Å². The van der Waals surface area contributed by atoms with Gasteiger partial charge in [-0.3, -0.25) is 14.4 Å². The lowest BCUT2D eigenvalue weighted by Gasteiger charge is -2.53. The van der Waals surface area contributed by atoms with Crippen LogP contribution in [0.2, 0.25) is 0 Å². The number of carboxylic acid groups (broad SMARTS) is 1. The molecule has 1 heterocycles. The number of aryl methyl sites for hydroxylation is 1. The Bertz CT molecular complexity index is 1800. The van der Waals surface area contributed by atoms with E-state index in [9.17, 15) is 24.0 Å². The molecule has 5 amide bonds. The van der Waals surface area contributed by atoms with E-state index in [1.807, 2.05) is 61.7 Å². The standard InChI is InChI=1S/C41H54N6O7/c1-25-9-3-5-12-33(25)46-39(52)42-16-8-7-10-31(45-35(48)14-15-36(49)50)24-44-38(51)41(2,22-30-23-43-34-13-6-4-11-32(30)34)47-40(53)54-37-28-18-26-17-27(20-28)21-29(37)19-26/h3-6,9,11-13,23,26-29,31,37,43H,7-8,10,14-22,24H2,1-2H3,(H,44,51)(H,45,48)(H,47,53)(H,49,50)(H2,42,46,52)/t26?,27?,28?,29?,31-,37?,41?/m1/s1. The van der Waals surface area contributed by atoms with E-state index in [0.717, 1.165) is 65.2 Å². The molecule has 4 aliphatic rings. The first-order valence-electron chi connectivity index (χ1n) is 19.4. The zero-order chi connectivity index (χ0) is 38.2. The maximum Gasteiger partial charge on any atom is 0.408 e. The highest BCUT2D eigenvalue weighted by molar-refractivity contribution is 5.92. The second-order valence-electron chi connectivity index (χ2n) is 15.9. The van der Waals surface area contributed by atoms with Gasteiger partial charge in [0, 0.05) is 54.8 Å². The average molecular weight is 743 g/mol. The molecule has 0 spiro atoms. The van der Waals surface area contributed by atoms with Crippen LogP contribution in [0.15, 0.2) is 54.7 Å². The van der Waals surface area contributed by atoms with Gasteiger partial charge in [0.05, 0.1) is 6.42 Å². The van der Waals surface area contributed by atoms with E-state index >= 15 is 0 Å². The lowest BCUT2D eigenvalue weighted by Crippen LogP contribution is -2.60. The van der Waals surface area contributed by atoms with Crippen molar-refractivity contribution in [1.29, 1.82) is 0 Å². The van der Waals surface area contributed by atoms with E-state index in [-0.39, 0.29) is 37.9 Å². The smallest absolute Gasteiger partial charge is 0.408 e. The Hall–Kier alpha value is -5.07. The quantitative estimate of drug-likeness (QED) is 0.0852. The van der Waals surface area contributed by atoms with Gasteiger partial charge in [0.25, 0.3) is 0 Å². The summed E-state index contributed by atoms with van der Waals surface area (Å²) in [5.74, 6) is 0.231. The number of unbranched alkanes of at least 4 members (excludes halogenated alkanes) is 1. The van der Waals surface area contributed by atoms with Crippen LogP contribution < -0.4 is 26.6 Å². The fraction of sp³-hybridized carbons (Fsp3) is 0.537. The molecule has 54 heavy (non-hydrogen) atoms. The number of benzene rings is 2. The van der Waals surface area contributed by atoms with Crippen LogP contribution >= 0.6 is 0 Å². The summed E-state index contributed by atoms with van der Waals surface area (Å²) in [6.07, 6.45) is 8.09. The van der Waals surface area contributed by atoms with Gasteiger partial charge in [-0.25, -0.2) is 9.59 Å². The van der Waals surface area contributed by atoms with Gasteiger partial charge in [-0.15, -0.1) is 0 Å². The van der Waals surface area contributed by atoms with Gasteiger partial charge in [-0.2, -0.15) is 0 Å². The minimum Gasteiger partial charge on any atom is -0.481 e. The van der Waals surface area contributed by atoms with E-state index in [1.165, 1.54) is 6.42 Å². The number of nitrogens with one attached hydrogen (secondary N) is 6. The fourth-order valence-electron chi connectivity index (χ4n) is 9.04. The number of carbonyl (C=O) groups is 5. The second kappa shape index (κ2) is 17.4. The van der Waals surface area contributed by atoms with Gasteiger partial charge in [0.2, 0.25) is 11.8 Å². The van der Waals surface area contributed by atoms with Gasteiger partial charge in [0.1, 0.15) is 11.6 Å². The number of aliphatic carboxylic acids is 1. The number of rotatable bonds is 17. The number of hydrogen-bond donors (Lipinski definition) is 7. The first kappa shape index (κ1) is 38.6. The largest absolute Gasteiger partial charge is 0.481 e. The molecule has 4 fully saturated rings. The van der Waals surface area contributed by atoms with Gasteiger partial charge < -0.3 is 41.4 Å². The summed E-state index contributed by atoms with van der Waals surface area (Å²) in [6.45, 7) is 4.04. The molecule has 2 atom stereocenters. The topological polar surface area (TPSA) is 191 Å². The molecule has 13 heteroatoms. The Kier molecular flexibility index (Phi) is 12.4. The molecule has 3 aromatic rings. The summed E-state index contributed by atoms with van der Waals surface area (Å²) in [4.78, 5) is 67.4. The fourth-order valence-corrected chi connectivity index (χ4v) is 9.04. The number of carboxylic acids is 1. The number of alkyl carbamates (subject to hydrolysis) is 1. The summed E-state index contributed by atoms with van der Waals surface area (Å²) >= 11 is 0. The van der Waals surface area contributed by atoms with Crippen molar-refractivity contribution in [1.82, 2.24) is 26.3 Å². The van der Waals surface area contributed by atoms with E-state index < -0.39 is 35.5 Å². The van der Waals surface area contributed by atoms with Crippen LogP contribution in [0.3, 0.4) is 0 Å². The molecule has 1 aromatic heterocycles. The highest BCUT2D eigenvalue weighted by Crippen LogP contribution is 2.54. The Morgan fingerprint density at radius 1 is 0.907 bits per heavy atom. The first-order chi connectivity index (χ1) is 26.0. The maximum atomic E-state index is 14.2. The molecule has 4 bridgehead atoms. The van der Waals surface area contributed by atoms with Crippen LogP contribution in [0.25, 0.3) is 10.9 Å². The normalized spacial score (nSPS) is 22.8. The van der Waals surface area contributed by atoms with Crippen molar-refractivity contribution >= 4 is 46.5 Å². The van der Waals surface area contributed by atoms with Crippen LogP contribution in [0.1, 0.15) is 82.3 Å². The molecule has 7 N–H and O–H groups in total.